The summed E-state index contributed by atoms with van der Waals surface area (Å²) in [6.07, 6.45) is 10.4. The van der Waals surface area contributed by atoms with Crippen LogP contribution < -0.4 is 10.2 Å². The number of carbonyl (C=O) groups is 1. The molecule has 0 unspecified atom stereocenters. The number of methoxy groups -OCH3 is 1. The fourth-order valence-electron chi connectivity index (χ4n) is 5.98. The van der Waals surface area contributed by atoms with Crippen molar-refractivity contribution in [1.29, 1.82) is 0 Å². The van der Waals surface area contributed by atoms with E-state index >= 15 is 0 Å². The quantitative estimate of drug-likeness (QED) is 0.348. The Morgan fingerprint density at radius 1 is 1.22 bits per heavy atom. The molecule has 8 heteroatoms. The summed E-state index contributed by atoms with van der Waals surface area (Å²) in [7, 11) is 3.32. The van der Waals surface area contributed by atoms with Gasteiger partial charge >= 0.3 is 5.97 Å². The second-order valence-electron chi connectivity index (χ2n) is 10.2. The van der Waals surface area contributed by atoms with Gasteiger partial charge in [-0.25, -0.2) is 0 Å². The van der Waals surface area contributed by atoms with Gasteiger partial charge in [0.05, 0.1) is 25.8 Å². The van der Waals surface area contributed by atoms with Gasteiger partial charge in [0, 0.05) is 42.1 Å². The van der Waals surface area contributed by atoms with Crippen LogP contribution in [-0.4, -0.2) is 65.8 Å². The van der Waals surface area contributed by atoms with Crippen LogP contribution >= 0.6 is 11.8 Å². The van der Waals surface area contributed by atoms with Gasteiger partial charge in [0.2, 0.25) is 0 Å². The first kappa shape index (κ1) is 27.2. The van der Waals surface area contributed by atoms with Crippen LogP contribution in [0.25, 0.3) is 10.9 Å². The molecular weight excluding hydrogens is 474 g/mol. The smallest absolute Gasteiger partial charge is 0.303 e. The molecule has 1 aliphatic carbocycles. The van der Waals surface area contributed by atoms with Crippen LogP contribution in [0.2, 0.25) is 0 Å². The number of hydrogen-bond acceptors (Lipinski definition) is 7. The van der Waals surface area contributed by atoms with E-state index in [1.54, 1.807) is 14.2 Å². The number of likely N-dealkylation sites (tertiary alicyclic amines) is 1. The van der Waals surface area contributed by atoms with E-state index in [-0.39, 0.29) is 18.4 Å². The molecule has 0 radical (unpaired) electrons. The number of benzene rings is 1. The molecule has 1 aromatic carbocycles. The molecule has 1 saturated carbocycles. The van der Waals surface area contributed by atoms with E-state index in [1.807, 2.05) is 30.5 Å². The number of hydroxylamine groups is 1. The molecular formula is C28H41N3O4S. The predicted octanol–water partition coefficient (Wildman–Crippen LogP) is 5.30. The summed E-state index contributed by atoms with van der Waals surface area (Å²) in [5.41, 5.74) is 5.23. The highest BCUT2D eigenvalue weighted by molar-refractivity contribution is 7.99. The summed E-state index contributed by atoms with van der Waals surface area (Å²) in [4.78, 5) is 24.1. The topological polar surface area (TPSA) is 83.9 Å². The van der Waals surface area contributed by atoms with Crippen molar-refractivity contribution < 1.29 is 19.5 Å². The van der Waals surface area contributed by atoms with Gasteiger partial charge in [-0.1, -0.05) is 12.8 Å². The van der Waals surface area contributed by atoms with E-state index in [9.17, 15) is 9.90 Å². The molecule has 2 aromatic rings. The minimum Gasteiger partial charge on any atom is -0.497 e. The van der Waals surface area contributed by atoms with E-state index in [0.29, 0.717) is 5.92 Å². The number of carboxylic acid groups (broad SMARTS) is 1. The summed E-state index contributed by atoms with van der Waals surface area (Å²) < 4.78 is 5.45. The number of thioether (sulfide) groups is 1. The third-order valence-corrected chi connectivity index (χ3v) is 9.28. The van der Waals surface area contributed by atoms with Gasteiger partial charge < -0.3 is 19.6 Å². The first-order chi connectivity index (χ1) is 17.6. The van der Waals surface area contributed by atoms with Gasteiger partial charge in [-0.2, -0.15) is 17.2 Å². The van der Waals surface area contributed by atoms with Crippen LogP contribution in [0, 0.1) is 11.8 Å². The standard InChI is InChI=1S/C28H41N3O4S/c1-34-22-8-10-26-25(18-22)24(11-13-29-26)27(30-35-2)9-7-20-12-14-31(19-21(20)17-28(32)33)15-16-36-23-5-3-4-6-23/h8,10-11,13,18,20-21,23,27,30H,3-7,9,12,14-17,19H2,1-2H3,(H,32,33)/t20-,21+,27-/m1/s1. The molecule has 2 fully saturated rings. The largest absolute Gasteiger partial charge is 0.497 e. The van der Waals surface area contributed by atoms with Crippen LogP contribution in [0.4, 0.5) is 0 Å². The molecule has 1 aliphatic heterocycles. The van der Waals surface area contributed by atoms with Crippen molar-refractivity contribution in [2.75, 3.05) is 39.6 Å². The Kier molecular flexibility index (Phi) is 10.3. The van der Waals surface area contributed by atoms with E-state index in [0.717, 1.165) is 72.1 Å². The number of carboxylic acids is 1. The molecule has 2 aliphatic rings. The second-order valence-corrected chi connectivity index (χ2v) is 11.6. The summed E-state index contributed by atoms with van der Waals surface area (Å²) in [5, 5.41) is 11.5. The Bertz CT molecular complexity index is 984. The van der Waals surface area contributed by atoms with Gasteiger partial charge in [-0.3, -0.25) is 9.78 Å². The third-order valence-electron chi connectivity index (χ3n) is 7.92. The van der Waals surface area contributed by atoms with Crippen LogP contribution in [0.3, 0.4) is 0 Å². The lowest BCUT2D eigenvalue weighted by Crippen LogP contribution is -2.42. The first-order valence-electron chi connectivity index (χ1n) is 13.3. The van der Waals surface area contributed by atoms with Crippen molar-refractivity contribution in [2.45, 2.75) is 62.7 Å². The minimum atomic E-state index is -0.689. The third kappa shape index (κ3) is 7.34. The zero-order valence-corrected chi connectivity index (χ0v) is 22.5. The van der Waals surface area contributed by atoms with Crippen LogP contribution in [-0.2, 0) is 9.63 Å². The summed E-state index contributed by atoms with van der Waals surface area (Å²) in [5.74, 6) is 1.85. The molecule has 0 amide bonds. The number of hydrogen-bond donors (Lipinski definition) is 2. The fourth-order valence-corrected chi connectivity index (χ4v) is 7.34. The lowest BCUT2D eigenvalue weighted by molar-refractivity contribution is -0.139. The lowest BCUT2D eigenvalue weighted by Gasteiger charge is -2.39. The van der Waals surface area contributed by atoms with Crippen molar-refractivity contribution >= 4 is 28.6 Å². The Labute approximate surface area is 219 Å². The predicted molar refractivity (Wildman–Crippen MR) is 145 cm³/mol. The highest BCUT2D eigenvalue weighted by Gasteiger charge is 2.31. The maximum atomic E-state index is 11.7. The second kappa shape index (κ2) is 13.6. The highest BCUT2D eigenvalue weighted by Crippen LogP contribution is 2.35. The monoisotopic (exact) mass is 515 g/mol. The normalized spacial score (nSPS) is 22.2. The van der Waals surface area contributed by atoms with Crippen LogP contribution in [0.15, 0.2) is 30.5 Å². The molecule has 7 nitrogen and oxygen atoms in total. The number of nitrogens with zero attached hydrogens (tertiary/aromatic N) is 2. The van der Waals surface area contributed by atoms with Gasteiger partial charge in [-0.15, -0.1) is 0 Å². The van der Waals surface area contributed by atoms with E-state index in [4.69, 9.17) is 9.57 Å². The van der Waals surface area contributed by atoms with Gasteiger partial charge in [0.15, 0.2) is 0 Å². The number of fused-ring (bicyclic) bond motifs is 1. The molecule has 36 heavy (non-hydrogen) atoms. The summed E-state index contributed by atoms with van der Waals surface area (Å²) in [6, 6.07) is 7.95. The van der Waals surface area contributed by atoms with Crippen molar-refractivity contribution in [3.8, 4) is 5.75 Å². The number of pyridine rings is 1. The van der Waals surface area contributed by atoms with Crippen molar-refractivity contribution in [3.63, 3.8) is 0 Å². The fraction of sp³-hybridized carbons (Fsp3) is 0.643. The minimum absolute atomic E-state index is 0.0149. The zero-order valence-electron chi connectivity index (χ0n) is 21.7. The van der Waals surface area contributed by atoms with Gasteiger partial charge in [0.1, 0.15) is 5.75 Å². The first-order valence-corrected chi connectivity index (χ1v) is 14.4. The van der Waals surface area contributed by atoms with Crippen LogP contribution in [0.1, 0.15) is 63.0 Å². The molecule has 0 spiro atoms. The zero-order chi connectivity index (χ0) is 25.3. The van der Waals surface area contributed by atoms with Gasteiger partial charge in [-0.05, 0) is 80.3 Å². The molecule has 1 saturated heterocycles. The Morgan fingerprint density at radius 2 is 2.06 bits per heavy atom. The Morgan fingerprint density at radius 3 is 2.81 bits per heavy atom. The van der Waals surface area contributed by atoms with Crippen LogP contribution in [0.5, 0.6) is 5.75 Å². The molecule has 4 rings (SSSR count). The number of aromatic nitrogens is 1. The number of piperidine rings is 1. The Balaban J connectivity index is 1.39. The SMILES string of the molecule is CON[C@H](CC[C@@H]1CCN(CCSC2CCCC2)C[C@@H]1CC(=O)O)c1ccnc2ccc(OC)cc12. The average molecular weight is 516 g/mol. The van der Waals surface area contributed by atoms with Crippen molar-refractivity contribution in [3.05, 3.63) is 36.0 Å². The highest BCUT2D eigenvalue weighted by atomic mass is 32.2. The van der Waals surface area contributed by atoms with E-state index in [1.165, 1.54) is 25.7 Å². The molecule has 2 N–H and O–H groups in total. The van der Waals surface area contributed by atoms with Crippen molar-refractivity contribution in [2.24, 2.45) is 11.8 Å². The van der Waals surface area contributed by atoms with E-state index in [2.05, 4.69) is 27.1 Å². The van der Waals surface area contributed by atoms with Gasteiger partial charge in [0.25, 0.3) is 0 Å². The molecule has 2 heterocycles. The molecule has 0 bridgehead atoms. The summed E-state index contributed by atoms with van der Waals surface area (Å²) >= 11 is 2.12. The molecule has 198 valence electrons. The number of ether oxygens (including phenoxy) is 1. The van der Waals surface area contributed by atoms with Crippen molar-refractivity contribution in [1.82, 2.24) is 15.4 Å². The number of nitrogens with one attached hydrogen (secondary N) is 1. The average Bonchev–Trinajstić information content (AvgIpc) is 3.40. The summed E-state index contributed by atoms with van der Waals surface area (Å²) in [6.45, 7) is 3.02. The number of rotatable bonds is 13. The lowest BCUT2D eigenvalue weighted by atomic mass is 9.79. The number of aliphatic carboxylic acids is 1. The maximum Gasteiger partial charge on any atom is 0.303 e. The maximum absolute atomic E-state index is 11.7. The van der Waals surface area contributed by atoms with E-state index < -0.39 is 5.97 Å². The Hall–Kier alpha value is -1.87. The molecule has 1 aromatic heterocycles. The molecule has 3 atom stereocenters.